The third-order valence-electron chi connectivity index (χ3n) is 4.10. The van der Waals surface area contributed by atoms with E-state index in [-0.39, 0.29) is 11.8 Å². The fourth-order valence-electron chi connectivity index (χ4n) is 2.43. The summed E-state index contributed by atoms with van der Waals surface area (Å²) >= 11 is 0. The minimum absolute atomic E-state index is 0.0487. The molecule has 1 aliphatic heterocycles. The van der Waals surface area contributed by atoms with Gasteiger partial charge in [0.25, 0.3) is 11.8 Å². The molecule has 0 spiro atoms. The van der Waals surface area contributed by atoms with Gasteiger partial charge < -0.3 is 10.1 Å². The summed E-state index contributed by atoms with van der Waals surface area (Å²) in [4.78, 5) is 35.3. The molecule has 2 aromatic carbocycles. The van der Waals surface area contributed by atoms with Gasteiger partial charge in [0.15, 0.2) is 0 Å². The van der Waals surface area contributed by atoms with Crippen molar-refractivity contribution in [2.75, 3.05) is 5.32 Å². The van der Waals surface area contributed by atoms with Gasteiger partial charge in [-0.2, -0.15) is 0 Å². The van der Waals surface area contributed by atoms with Crippen molar-refractivity contribution in [2.45, 2.75) is 20.3 Å². The van der Waals surface area contributed by atoms with E-state index in [1.807, 2.05) is 13.8 Å². The molecule has 0 aliphatic carbocycles. The molecule has 2 aromatic rings. The number of fused-ring (bicyclic) bond motifs is 1. The van der Waals surface area contributed by atoms with Crippen LogP contribution in [0.4, 0.5) is 5.69 Å². The molecule has 25 heavy (non-hydrogen) atoms. The lowest BCUT2D eigenvalue weighted by Gasteiger charge is -2.12. The molecule has 0 saturated heterocycles. The minimum atomic E-state index is -0.431. The lowest BCUT2D eigenvalue weighted by Crippen LogP contribution is -2.19. The first-order valence-electron chi connectivity index (χ1n) is 8.06. The quantitative estimate of drug-likeness (QED) is 0.819. The zero-order valence-corrected chi connectivity index (χ0v) is 14.0. The Labute approximate surface area is 145 Å². The number of hydrogen-bond acceptors (Lipinski definition) is 4. The Bertz CT molecular complexity index is 860. The van der Waals surface area contributed by atoms with E-state index >= 15 is 0 Å². The SMILES string of the molecule is CCC(C)C(=O)Nc1cccc(Oc2ccc3c(c2)C(=O)NC3=O)c1. The lowest BCUT2D eigenvalue weighted by molar-refractivity contribution is -0.119. The number of ether oxygens (including phenoxy) is 1. The van der Waals surface area contributed by atoms with Gasteiger partial charge in [-0.15, -0.1) is 0 Å². The average molecular weight is 338 g/mol. The molecule has 0 aromatic heterocycles. The van der Waals surface area contributed by atoms with Gasteiger partial charge in [-0.3, -0.25) is 19.7 Å². The molecule has 3 amide bonds. The van der Waals surface area contributed by atoms with Gasteiger partial charge in [0, 0.05) is 17.7 Å². The fourth-order valence-corrected chi connectivity index (χ4v) is 2.43. The monoisotopic (exact) mass is 338 g/mol. The van der Waals surface area contributed by atoms with E-state index in [4.69, 9.17) is 4.74 Å². The molecule has 6 heteroatoms. The molecular formula is C19H18N2O4. The van der Waals surface area contributed by atoms with Crippen LogP contribution in [0.15, 0.2) is 42.5 Å². The van der Waals surface area contributed by atoms with Gasteiger partial charge in [-0.05, 0) is 36.8 Å². The highest BCUT2D eigenvalue weighted by atomic mass is 16.5. The van der Waals surface area contributed by atoms with Crippen LogP contribution in [-0.4, -0.2) is 17.7 Å². The van der Waals surface area contributed by atoms with Crippen molar-refractivity contribution in [1.29, 1.82) is 0 Å². The molecule has 0 fully saturated rings. The Morgan fingerprint density at radius 3 is 2.56 bits per heavy atom. The maximum atomic E-state index is 12.0. The summed E-state index contributed by atoms with van der Waals surface area (Å²) < 4.78 is 5.75. The Kier molecular flexibility index (Phi) is 4.52. The third-order valence-corrected chi connectivity index (χ3v) is 4.10. The molecular weight excluding hydrogens is 320 g/mol. The molecule has 0 saturated carbocycles. The van der Waals surface area contributed by atoms with Crippen molar-refractivity contribution in [3.8, 4) is 11.5 Å². The van der Waals surface area contributed by atoms with Crippen LogP contribution in [0.5, 0.6) is 11.5 Å². The van der Waals surface area contributed by atoms with E-state index in [1.165, 1.54) is 6.07 Å². The van der Waals surface area contributed by atoms with Gasteiger partial charge in [0.2, 0.25) is 5.91 Å². The summed E-state index contributed by atoms with van der Waals surface area (Å²) in [5.74, 6) is 0.00616. The summed E-state index contributed by atoms with van der Waals surface area (Å²) in [6, 6.07) is 11.7. The molecule has 6 nitrogen and oxygen atoms in total. The van der Waals surface area contributed by atoms with Crippen LogP contribution in [0, 0.1) is 5.92 Å². The number of nitrogens with one attached hydrogen (secondary N) is 2. The second-order valence-corrected chi connectivity index (χ2v) is 5.92. The van der Waals surface area contributed by atoms with Crippen molar-refractivity contribution in [3.63, 3.8) is 0 Å². The number of imide groups is 1. The molecule has 2 N–H and O–H groups in total. The number of benzene rings is 2. The van der Waals surface area contributed by atoms with Gasteiger partial charge in [0.1, 0.15) is 11.5 Å². The molecule has 1 aliphatic rings. The number of anilines is 1. The average Bonchev–Trinajstić information content (AvgIpc) is 2.88. The Morgan fingerprint density at radius 1 is 1.08 bits per heavy atom. The first kappa shape index (κ1) is 16.7. The second kappa shape index (κ2) is 6.76. The predicted octanol–water partition coefficient (Wildman–Crippen LogP) is 3.35. The summed E-state index contributed by atoms with van der Waals surface area (Å²) in [6.45, 7) is 3.82. The first-order valence-corrected chi connectivity index (χ1v) is 8.06. The van der Waals surface area contributed by atoms with Crippen molar-refractivity contribution >= 4 is 23.4 Å². The Balaban J connectivity index is 1.77. The topological polar surface area (TPSA) is 84.5 Å². The highest BCUT2D eigenvalue weighted by molar-refractivity contribution is 6.21. The molecule has 1 atom stereocenters. The van der Waals surface area contributed by atoms with Crippen LogP contribution in [0.1, 0.15) is 41.0 Å². The molecule has 128 valence electrons. The van der Waals surface area contributed by atoms with Crippen LogP contribution in [0.3, 0.4) is 0 Å². The number of carbonyl (C=O) groups excluding carboxylic acids is 3. The summed E-state index contributed by atoms with van der Waals surface area (Å²) in [5.41, 5.74) is 1.27. The van der Waals surface area contributed by atoms with Crippen LogP contribution in [-0.2, 0) is 4.79 Å². The molecule has 0 radical (unpaired) electrons. The van der Waals surface area contributed by atoms with Crippen LogP contribution >= 0.6 is 0 Å². The molecule has 0 bridgehead atoms. The number of rotatable bonds is 5. The maximum absolute atomic E-state index is 12.0. The second-order valence-electron chi connectivity index (χ2n) is 5.92. The van der Waals surface area contributed by atoms with Crippen molar-refractivity contribution < 1.29 is 19.1 Å². The molecule has 1 heterocycles. The maximum Gasteiger partial charge on any atom is 0.259 e. The first-order chi connectivity index (χ1) is 12.0. The van der Waals surface area contributed by atoms with Crippen LogP contribution in [0.2, 0.25) is 0 Å². The zero-order valence-electron chi connectivity index (χ0n) is 14.0. The lowest BCUT2D eigenvalue weighted by atomic mass is 10.1. The molecule has 3 rings (SSSR count). The van der Waals surface area contributed by atoms with Crippen molar-refractivity contribution in [2.24, 2.45) is 5.92 Å². The van der Waals surface area contributed by atoms with E-state index in [2.05, 4.69) is 10.6 Å². The summed E-state index contributed by atoms with van der Waals surface area (Å²) in [6.07, 6.45) is 0.762. The van der Waals surface area contributed by atoms with E-state index < -0.39 is 11.8 Å². The van der Waals surface area contributed by atoms with Gasteiger partial charge in [-0.1, -0.05) is 19.9 Å². The van der Waals surface area contributed by atoms with Gasteiger partial charge in [-0.25, -0.2) is 0 Å². The van der Waals surface area contributed by atoms with Gasteiger partial charge in [0.05, 0.1) is 11.1 Å². The summed E-state index contributed by atoms with van der Waals surface area (Å²) in [5, 5.41) is 5.08. The standard InChI is InChI=1S/C19H18N2O4/c1-3-11(2)17(22)20-12-5-4-6-13(9-12)25-14-7-8-15-16(10-14)19(24)21-18(15)23/h4-11H,3H2,1-2H3,(H,20,22)(H,21,23,24). The van der Waals surface area contributed by atoms with Crippen LogP contribution < -0.4 is 15.4 Å². The smallest absolute Gasteiger partial charge is 0.259 e. The normalized spacial score (nSPS) is 13.8. The fraction of sp³-hybridized carbons (Fsp3) is 0.211. The largest absolute Gasteiger partial charge is 0.457 e. The minimum Gasteiger partial charge on any atom is -0.457 e. The van der Waals surface area contributed by atoms with E-state index in [0.717, 1.165) is 6.42 Å². The van der Waals surface area contributed by atoms with Crippen molar-refractivity contribution in [1.82, 2.24) is 5.32 Å². The Hall–Kier alpha value is -3.15. The van der Waals surface area contributed by atoms with E-state index in [0.29, 0.717) is 28.3 Å². The third kappa shape index (κ3) is 3.52. The van der Waals surface area contributed by atoms with E-state index in [1.54, 1.807) is 36.4 Å². The zero-order chi connectivity index (χ0) is 18.0. The van der Waals surface area contributed by atoms with Crippen LogP contribution in [0.25, 0.3) is 0 Å². The highest BCUT2D eigenvalue weighted by Crippen LogP contribution is 2.28. The number of carbonyl (C=O) groups is 3. The predicted molar refractivity (Wildman–Crippen MR) is 92.8 cm³/mol. The van der Waals surface area contributed by atoms with E-state index in [9.17, 15) is 14.4 Å². The number of amides is 3. The Morgan fingerprint density at radius 2 is 1.80 bits per heavy atom. The number of hydrogen-bond donors (Lipinski definition) is 2. The summed E-state index contributed by atoms with van der Waals surface area (Å²) in [7, 11) is 0. The van der Waals surface area contributed by atoms with Gasteiger partial charge >= 0.3 is 0 Å². The highest BCUT2D eigenvalue weighted by Gasteiger charge is 2.26. The molecule has 1 unspecified atom stereocenters. The van der Waals surface area contributed by atoms with Crippen molar-refractivity contribution in [3.05, 3.63) is 53.6 Å².